The van der Waals surface area contributed by atoms with Crippen molar-refractivity contribution in [2.24, 2.45) is 17.8 Å². The van der Waals surface area contributed by atoms with Crippen molar-refractivity contribution in [2.75, 3.05) is 19.7 Å². The van der Waals surface area contributed by atoms with Crippen LogP contribution in [0.15, 0.2) is 48.5 Å². The Bertz CT molecular complexity index is 822. The van der Waals surface area contributed by atoms with Gasteiger partial charge in [-0.3, -0.25) is 9.69 Å². The highest BCUT2D eigenvalue weighted by Gasteiger charge is 2.59. The predicted molar refractivity (Wildman–Crippen MR) is 95.1 cm³/mol. The summed E-state index contributed by atoms with van der Waals surface area (Å²) < 4.78 is 11.8. The zero-order valence-corrected chi connectivity index (χ0v) is 14.4. The summed E-state index contributed by atoms with van der Waals surface area (Å²) in [5, 5.41) is 9.11. The van der Waals surface area contributed by atoms with Crippen LogP contribution in [0.3, 0.4) is 0 Å². The van der Waals surface area contributed by atoms with Crippen LogP contribution >= 0.6 is 0 Å². The minimum Gasteiger partial charge on any atom is -0.485 e. The third-order valence-electron chi connectivity index (χ3n) is 5.82. The number of aliphatic carboxylic acids is 1. The van der Waals surface area contributed by atoms with Crippen molar-refractivity contribution in [3.05, 3.63) is 59.7 Å². The molecular weight excluding hydrogens is 330 g/mol. The number of carboxylic acid groups (broad SMARTS) is 1. The third-order valence-corrected chi connectivity index (χ3v) is 5.82. The molecule has 0 bridgehead atoms. The summed E-state index contributed by atoms with van der Waals surface area (Å²) in [6.07, 6.45) is -0.0882. The first-order valence-corrected chi connectivity index (χ1v) is 9.11. The summed E-state index contributed by atoms with van der Waals surface area (Å²) in [5.41, 5.74) is 2.36. The molecule has 5 nitrogen and oxygen atoms in total. The first-order valence-electron chi connectivity index (χ1n) is 9.11. The van der Waals surface area contributed by atoms with Crippen LogP contribution in [0.2, 0.25) is 0 Å². The third kappa shape index (κ3) is 2.72. The van der Waals surface area contributed by atoms with Gasteiger partial charge in [-0.25, -0.2) is 0 Å². The van der Waals surface area contributed by atoms with Gasteiger partial charge in [0.15, 0.2) is 17.6 Å². The van der Waals surface area contributed by atoms with E-state index in [0.717, 1.165) is 36.7 Å². The average molecular weight is 351 g/mol. The molecule has 2 fully saturated rings. The van der Waals surface area contributed by atoms with E-state index in [0.29, 0.717) is 18.4 Å². The number of hydrogen-bond acceptors (Lipinski definition) is 4. The highest BCUT2D eigenvalue weighted by Crippen LogP contribution is 2.52. The van der Waals surface area contributed by atoms with Crippen LogP contribution in [0.5, 0.6) is 11.5 Å². The number of nitrogens with zero attached hydrogens (tertiary/aromatic N) is 1. The lowest BCUT2D eigenvalue weighted by atomic mass is 10.1. The molecule has 0 spiro atoms. The molecule has 0 aromatic heterocycles. The molecule has 2 aromatic carbocycles. The maximum atomic E-state index is 11.1. The highest BCUT2D eigenvalue weighted by molar-refractivity contribution is 5.74. The monoisotopic (exact) mass is 351 g/mol. The summed E-state index contributed by atoms with van der Waals surface area (Å²) in [7, 11) is 0. The number of likely N-dealkylation sites (tertiary alicyclic amines) is 1. The molecule has 2 aromatic rings. The van der Waals surface area contributed by atoms with E-state index >= 15 is 0 Å². The summed E-state index contributed by atoms with van der Waals surface area (Å²) in [6.45, 7) is 3.20. The Morgan fingerprint density at radius 1 is 1.04 bits per heavy atom. The number of para-hydroxylation sites is 2. The van der Waals surface area contributed by atoms with Gasteiger partial charge in [0.05, 0.1) is 5.92 Å². The SMILES string of the molecule is O=C(O)C1[C@H]2CN(Cc3ccc([C@H]4COc5ccccc5O4)cc3)C[C@@H]12. The average Bonchev–Trinajstić information content (AvgIpc) is 3.19. The van der Waals surface area contributed by atoms with Crippen molar-refractivity contribution in [3.8, 4) is 11.5 Å². The van der Waals surface area contributed by atoms with E-state index in [4.69, 9.17) is 14.6 Å². The minimum atomic E-state index is -0.625. The van der Waals surface area contributed by atoms with Gasteiger partial charge in [0, 0.05) is 19.6 Å². The summed E-state index contributed by atoms with van der Waals surface area (Å²) in [4.78, 5) is 13.4. The van der Waals surface area contributed by atoms with Crippen molar-refractivity contribution in [2.45, 2.75) is 12.6 Å². The molecule has 3 aliphatic rings. The number of carbonyl (C=O) groups is 1. The fraction of sp³-hybridized carbons (Fsp3) is 0.381. The van der Waals surface area contributed by atoms with Crippen molar-refractivity contribution in [3.63, 3.8) is 0 Å². The van der Waals surface area contributed by atoms with Crippen LogP contribution in [0, 0.1) is 17.8 Å². The van der Waals surface area contributed by atoms with E-state index < -0.39 is 5.97 Å². The van der Waals surface area contributed by atoms with E-state index in [1.807, 2.05) is 24.3 Å². The molecule has 4 atom stereocenters. The molecule has 5 heteroatoms. The van der Waals surface area contributed by atoms with Gasteiger partial charge in [0.25, 0.3) is 0 Å². The quantitative estimate of drug-likeness (QED) is 0.918. The van der Waals surface area contributed by atoms with Crippen LogP contribution in [0.25, 0.3) is 0 Å². The van der Waals surface area contributed by atoms with Gasteiger partial charge in [-0.2, -0.15) is 0 Å². The van der Waals surface area contributed by atoms with Gasteiger partial charge < -0.3 is 14.6 Å². The second-order valence-electron chi connectivity index (χ2n) is 7.49. The lowest BCUT2D eigenvalue weighted by Crippen LogP contribution is -2.26. The van der Waals surface area contributed by atoms with Crippen molar-refractivity contribution < 1.29 is 19.4 Å². The van der Waals surface area contributed by atoms with E-state index in [2.05, 4.69) is 29.2 Å². The molecule has 1 N–H and O–H groups in total. The van der Waals surface area contributed by atoms with Crippen molar-refractivity contribution in [1.82, 2.24) is 4.90 Å². The Morgan fingerprint density at radius 2 is 1.73 bits per heavy atom. The Balaban J connectivity index is 1.20. The van der Waals surface area contributed by atoms with Gasteiger partial charge in [-0.1, -0.05) is 36.4 Å². The summed E-state index contributed by atoms with van der Waals surface area (Å²) in [6, 6.07) is 16.2. The normalized spacial score (nSPS) is 29.2. The fourth-order valence-electron chi connectivity index (χ4n) is 4.39. The smallest absolute Gasteiger partial charge is 0.307 e. The molecule has 26 heavy (non-hydrogen) atoms. The molecule has 1 aliphatic carbocycles. The van der Waals surface area contributed by atoms with Crippen LogP contribution in [-0.2, 0) is 11.3 Å². The zero-order chi connectivity index (χ0) is 17.7. The van der Waals surface area contributed by atoms with E-state index in [1.54, 1.807) is 0 Å². The van der Waals surface area contributed by atoms with Crippen molar-refractivity contribution in [1.29, 1.82) is 0 Å². The van der Waals surface area contributed by atoms with E-state index in [-0.39, 0.29) is 12.0 Å². The lowest BCUT2D eigenvalue weighted by Gasteiger charge is -2.27. The Morgan fingerprint density at radius 3 is 2.42 bits per heavy atom. The molecule has 0 radical (unpaired) electrons. The standard InChI is InChI=1S/C21H21NO4/c23-21(24)20-15-10-22(11-16(15)20)9-13-5-7-14(8-6-13)19-12-25-17-3-1-2-4-18(17)26-19/h1-8,15-16,19-20H,9-12H2,(H,23,24)/t15-,16+,19-,20?/m1/s1. The Labute approximate surface area is 152 Å². The number of carboxylic acids is 1. The van der Waals surface area contributed by atoms with Gasteiger partial charge in [0.1, 0.15) is 6.61 Å². The first-order chi connectivity index (χ1) is 12.7. The molecule has 5 rings (SSSR count). The second kappa shape index (κ2) is 6.02. The van der Waals surface area contributed by atoms with Gasteiger partial charge >= 0.3 is 5.97 Å². The summed E-state index contributed by atoms with van der Waals surface area (Å²) >= 11 is 0. The number of ether oxygens (including phenoxy) is 2. The Hall–Kier alpha value is -2.53. The number of rotatable bonds is 4. The summed E-state index contributed by atoms with van der Waals surface area (Å²) in [5.74, 6) is 1.59. The lowest BCUT2D eigenvalue weighted by molar-refractivity contribution is -0.139. The number of fused-ring (bicyclic) bond motifs is 2. The maximum Gasteiger partial charge on any atom is 0.307 e. The van der Waals surface area contributed by atoms with Crippen LogP contribution in [0.1, 0.15) is 17.2 Å². The van der Waals surface area contributed by atoms with Crippen LogP contribution < -0.4 is 9.47 Å². The molecule has 1 saturated carbocycles. The molecule has 134 valence electrons. The van der Waals surface area contributed by atoms with Crippen LogP contribution in [-0.4, -0.2) is 35.7 Å². The molecule has 2 heterocycles. The maximum absolute atomic E-state index is 11.1. The topological polar surface area (TPSA) is 59.0 Å². The fourth-order valence-corrected chi connectivity index (χ4v) is 4.39. The number of hydrogen-bond donors (Lipinski definition) is 1. The first kappa shape index (κ1) is 15.7. The Kier molecular flexibility index (Phi) is 3.64. The minimum absolute atomic E-state index is 0.0882. The van der Waals surface area contributed by atoms with Crippen molar-refractivity contribution >= 4 is 5.97 Å². The largest absolute Gasteiger partial charge is 0.485 e. The number of piperidine rings is 1. The van der Waals surface area contributed by atoms with E-state index in [9.17, 15) is 4.79 Å². The van der Waals surface area contributed by atoms with Gasteiger partial charge in [-0.15, -0.1) is 0 Å². The molecule has 1 unspecified atom stereocenters. The molecule has 0 amide bonds. The van der Waals surface area contributed by atoms with Gasteiger partial charge in [-0.05, 0) is 35.1 Å². The molecule has 2 aliphatic heterocycles. The number of benzene rings is 2. The molecule has 1 saturated heterocycles. The predicted octanol–water partition coefficient (Wildman–Crippen LogP) is 2.96. The van der Waals surface area contributed by atoms with E-state index in [1.165, 1.54) is 5.56 Å². The van der Waals surface area contributed by atoms with Gasteiger partial charge in [0.2, 0.25) is 0 Å². The zero-order valence-electron chi connectivity index (χ0n) is 14.4. The second-order valence-corrected chi connectivity index (χ2v) is 7.49. The van der Waals surface area contributed by atoms with Crippen LogP contribution in [0.4, 0.5) is 0 Å². The highest BCUT2D eigenvalue weighted by atomic mass is 16.6. The molecular formula is C21H21NO4.